The first-order valence-corrected chi connectivity index (χ1v) is 10.4. The molecule has 0 aromatic carbocycles. The van der Waals surface area contributed by atoms with E-state index in [0.29, 0.717) is 5.31 Å². The third-order valence-electron chi connectivity index (χ3n) is 5.62. The van der Waals surface area contributed by atoms with E-state index in [2.05, 4.69) is 62.1 Å². The fourth-order valence-electron chi connectivity index (χ4n) is 4.36. The predicted octanol–water partition coefficient (Wildman–Crippen LogP) is 4.81. The molecule has 2 atom stereocenters. The second-order valence-electron chi connectivity index (χ2n) is 7.83. The second-order valence-corrected chi connectivity index (χ2v) is 11.0. The van der Waals surface area contributed by atoms with Crippen LogP contribution in [-0.2, 0) is 12.8 Å². The van der Waals surface area contributed by atoms with Crippen molar-refractivity contribution in [1.29, 1.82) is 0 Å². The molecule has 1 saturated heterocycles. The summed E-state index contributed by atoms with van der Waals surface area (Å²) in [6, 6.07) is 0.278. The fraction of sp³-hybridized carbons (Fsp3) is 0.824. The summed E-state index contributed by atoms with van der Waals surface area (Å²) in [5, 5.41) is 0.449. The molecule has 0 amide bonds. The Kier molecular flexibility index (Phi) is 4.61. The first kappa shape index (κ1) is 17.1. The van der Waals surface area contributed by atoms with Gasteiger partial charge in [-0.15, -0.1) is 0 Å². The summed E-state index contributed by atoms with van der Waals surface area (Å²) >= 11 is 4.15. The van der Waals surface area contributed by atoms with Crippen LogP contribution < -0.4 is 4.87 Å². The molecule has 5 heteroatoms. The van der Waals surface area contributed by atoms with Crippen molar-refractivity contribution in [2.75, 3.05) is 0 Å². The molecule has 3 heterocycles. The van der Waals surface area contributed by atoms with Crippen molar-refractivity contribution < 1.29 is 0 Å². The summed E-state index contributed by atoms with van der Waals surface area (Å²) in [5.41, 5.74) is 1.33. The highest BCUT2D eigenvalue weighted by atomic mass is 127. The van der Waals surface area contributed by atoms with Crippen LogP contribution in [0.5, 0.6) is 0 Å². The maximum atomic E-state index is 12.4. The van der Waals surface area contributed by atoms with Crippen LogP contribution in [0.15, 0.2) is 4.79 Å². The van der Waals surface area contributed by atoms with Gasteiger partial charge < -0.3 is 4.57 Å². The van der Waals surface area contributed by atoms with Crippen LogP contribution >= 0.6 is 33.9 Å². The van der Waals surface area contributed by atoms with Crippen molar-refractivity contribution in [2.24, 2.45) is 5.92 Å². The van der Waals surface area contributed by atoms with E-state index in [9.17, 15) is 4.79 Å². The zero-order chi connectivity index (χ0) is 16.1. The summed E-state index contributed by atoms with van der Waals surface area (Å²) < 4.78 is 2.32. The molecule has 1 aromatic rings. The van der Waals surface area contributed by atoms with E-state index in [1.807, 2.05) is 0 Å². The average Bonchev–Trinajstić information content (AvgIpc) is 2.68. The van der Waals surface area contributed by atoms with Crippen molar-refractivity contribution >= 4 is 41.2 Å². The van der Waals surface area contributed by atoms with E-state index in [0.717, 1.165) is 18.8 Å². The van der Waals surface area contributed by atoms with Crippen LogP contribution in [0.2, 0.25) is 5.31 Å². The number of hydrogen-bond acceptors (Lipinski definition) is 2. The van der Waals surface area contributed by atoms with Crippen LogP contribution in [0.3, 0.4) is 0 Å². The summed E-state index contributed by atoms with van der Waals surface area (Å²) in [6.07, 6.45) is 7.23. The maximum absolute atomic E-state index is 12.4. The molecule has 2 bridgehead atoms. The lowest BCUT2D eigenvalue weighted by Crippen LogP contribution is -2.55. The zero-order valence-electron chi connectivity index (χ0n) is 14.1. The molecule has 1 aromatic heterocycles. The molecule has 0 saturated carbocycles. The van der Waals surface area contributed by atoms with Gasteiger partial charge in [0.25, 0.3) is 0 Å². The Morgan fingerprint density at radius 2 is 1.95 bits per heavy atom. The van der Waals surface area contributed by atoms with Crippen LogP contribution in [-0.4, -0.2) is 15.2 Å². The normalized spacial score (nSPS) is 31.6. The van der Waals surface area contributed by atoms with Crippen LogP contribution in [0.4, 0.5) is 0 Å². The monoisotopic (exact) mass is 430 g/mol. The summed E-state index contributed by atoms with van der Waals surface area (Å²) in [7, 11) is 2.63. The van der Waals surface area contributed by atoms with Crippen LogP contribution in [0.25, 0.3) is 0 Å². The van der Waals surface area contributed by atoms with Gasteiger partial charge in [-0.05, 0) is 48.8 Å². The average molecular weight is 430 g/mol. The number of hydrogen-bond donors (Lipinski definition) is 0. The van der Waals surface area contributed by atoms with Gasteiger partial charge >= 0.3 is 4.87 Å². The molecule has 2 aliphatic heterocycles. The van der Waals surface area contributed by atoms with E-state index in [4.69, 9.17) is 0 Å². The maximum Gasteiger partial charge on any atom is 0.307 e. The quantitative estimate of drug-likeness (QED) is 0.375. The molecule has 1 aliphatic carbocycles. The molecule has 3 aliphatic rings. The smallest absolute Gasteiger partial charge is 0.300 e. The molecule has 22 heavy (non-hydrogen) atoms. The Morgan fingerprint density at radius 3 is 2.55 bits per heavy atom. The van der Waals surface area contributed by atoms with Crippen molar-refractivity contribution in [3.8, 4) is 0 Å². The van der Waals surface area contributed by atoms with Gasteiger partial charge in [-0.3, -0.25) is 4.79 Å². The summed E-state index contributed by atoms with van der Waals surface area (Å²) in [4.78, 5) is 14.0. The Labute approximate surface area is 152 Å². The Balaban J connectivity index is 1.95. The Hall–Kier alpha value is 0.225. The van der Waals surface area contributed by atoms with Gasteiger partial charge in [0.05, 0.1) is 0 Å². The van der Waals surface area contributed by atoms with Crippen molar-refractivity contribution in [2.45, 2.75) is 80.9 Å². The minimum atomic E-state index is 0.244. The highest BCUT2D eigenvalue weighted by Crippen LogP contribution is 2.61. The molecule has 2 unspecified atom stereocenters. The van der Waals surface area contributed by atoms with Crippen molar-refractivity contribution in [3.63, 3.8) is 0 Å². The van der Waals surface area contributed by atoms with Crippen molar-refractivity contribution in [1.82, 2.24) is 4.57 Å². The molecule has 1 radical (unpaired) electrons. The predicted molar refractivity (Wildman–Crippen MR) is 105 cm³/mol. The largest absolute Gasteiger partial charge is 0.307 e. The first-order chi connectivity index (χ1) is 10.3. The topological polar surface area (TPSA) is 22.0 Å². The number of nitrogens with zero attached hydrogens (tertiary/aromatic N) is 1. The molecule has 121 valence electrons. The van der Waals surface area contributed by atoms with Crippen molar-refractivity contribution in [3.05, 3.63) is 20.2 Å². The standard InChI is InChI=1S/C17H26BINOS/c1-11(2)16-8-6-5-7-13-14(9-17(19,10-16)18-16)22-15(21)20(13)12(3)4/h11-12H,5-10H2,1-4H3. The van der Waals surface area contributed by atoms with Gasteiger partial charge in [0.15, 0.2) is 0 Å². The summed E-state index contributed by atoms with van der Waals surface area (Å²) in [5.74, 6) is 0.730. The number of rotatable bonds is 2. The lowest BCUT2D eigenvalue weighted by atomic mass is 9.27. The SMILES string of the molecule is CC(C)n1c2c(sc1=O)CC1(I)[B]C(C(C)C)(CCCC2)C1. The van der Waals surface area contributed by atoms with E-state index >= 15 is 0 Å². The van der Waals surface area contributed by atoms with E-state index in [1.54, 1.807) is 0 Å². The van der Waals surface area contributed by atoms with Gasteiger partial charge in [-0.2, -0.15) is 0 Å². The number of thiazole rings is 1. The third-order valence-corrected chi connectivity index (χ3v) is 7.69. The minimum Gasteiger partial charge on any atom is -0.300 e. The first-order valence-electron chi connectivity index (χ1n) is 8.55. The van der Waals surface area contributed by atoms with Gasteiger partial charge in [-0.25, -0.2) is 0 Å². The number of halogens is 1. The van der Waals surface area contributed by atoms with Gasteiger partial charge in [0.2, 0.25) is 0 Å². The lowest BCUT2D eigenvalue weighted by Gasteiger charge is -2.56. The third kappa shape index (κ3) is 2.85. The molecule has 0 N–H and O–H groups in total. The van der Waals surface area contributed by atoms with E-state index in [-0.39, 0.29) is 14.2 Å². The molecular formula is C17H26BINOS. The number of fused-ring (bicyclic) bond motifs is 3. The fourth-order valence-corrected chi connectivity index (χ4v) is 7.61. The molecule has 0 spiro atoms. The molecular weight excluding hydrogens is 404 g/mol. The highest BCUT2D eigenvalue weighted by molar-refractivity contribution is 14.1. The van der Waals surface area contributed by atoms with Crippen LogP contribution in [0, 0.1) is 5.92 Å². The number of aromatic nitrogens is 1. The van der Waals surface area contributed by atoms with Gasteiger partial charge in [-0.1, -0.05) is 65.9 Å². The molecule has 1 fully saturated rings. The van der Waals surface area contributed by atoms with Gasteiger partial charge in [0.1, 0.15) is 7.28 Å². The lowest BCUT2D eigenvalue weighted by molar-refractivity contribution is 0.287. The highest BCUT2D eigenvalue weighted by Gasteiger charge is 2.55. The Bertz CT molecular complexity index is 613. The van der Waals surface area contributed by atoms with Crippen LogP contribution in [0.1, 0.15) is 70.0 Å². The van der Waals surface area contributed by atoms with E-state index < -0.39 is 0 Å². The summed E-state index contributed by atoms with van der Waals surface area (Å²) in [6.45, 7) is 9.01. The zero-order valence-corrected chi connectivity index (χ0v) is 17.1. The second kappa shape index (κ2) is 5.94. The van der Waals surface area contributed by atoms with E-state index in [1.165, 1.54) is 47.6 Å². The van der Waals surface area contributed by atoms with Gasteiger partial charge in [0, 0.05) is 16.6 Å². The Morgan fingerprint density at radius 1 is 1.27 bits per heavy atom. The number of alkyl halides is 1. The minimum absolute atomic E-state index is 0.244. The molecule has 4 rings (SSSR count). The molecule has 2 nitrogen and oxygen atoms in total.